The number of hydrogen-bond donors (Lipinski definition) is 3. The van der Waals surface area contributed by atoms with Crippen LogP contribution in [0.2, 0.25) is 0 Å². The van der Waals surface area contributed by atoms with Gasteiger partial charge in [-0.05, 0) is 11.6 Å². The Hall–Kier alpha value is -1.88. The summed E-state index contributed by atoms with van der Waals surface area (Å²) in [4.78, 5) is 10.3. The van der Waals surface area contributed by atoms with Crippen LogP contribution in [0.15, 0.2) is 36.1 Å². The number of aliphatic hydroxyl groups is 2. The Morgan fingerprint density at radius 2 is 1.81 bits per heavy atom. The van der Waals surface area contributed by atoms with Crippen molar-refractivity contribution in [2.45, 2.75) is 12.3 Å². The number of benzene rings is 1. The predicted molar refractivity (Wildman–Crippen MR) is 55.6 cm³/mol. The first-order valence-corrected chi connectivity index (χ1v) is 4.53. The van der Waals surface area contributed by atoms with Gasteiger partial charge in [-0.3, -0.25) is 0 Å². The lowest BCUT2D eigenvalue weighted by atomic mass is 10.1. The van der Waals surface area contributed by atoms with Gasteiger partial charge in [-0.15, -0.1) is 0 Å². The highest BCUT2D eigenvalue weighted by Crippen LogP contribution is 2.13. The Balaban J connectivity index is 2.82. The van der Waals surface area contributed by atoms with Gasteiger partial charge in [-0.1, -0.05) is 30.3 Å². The van der Waals surface area contributed by atoms with Crippen LogP contribution in [0.25, 0.3) is 6.08 Å². The summed E-state index contributed by atoms with van der Waals surface area (Å²) in [6.45, 7) is 0. The number of halogens is 1. The molecule has 0 fully saturated rings. The number of rotatable bonds is 4. The van der Waals surface area contributed by atoms with E-state index in [0.717, 1.165) is 6.08 Å². The summed E-state index contributed by atoms with van der Waals surface area (Å²) in [5, 5.41) is 26.5. The SMILES string of the molecule is O=C(O)C(O)C(F)C(O)=Cc1ccccc1. The fourth-order valence-corrected chi connectivity index (χ4v) is 1.09. The molecule has 2 unspecified atom stereocenters. The average Bonchev–Trinajstić information content (AvgIpc) is 2.28. The lowest BCUT2D eigenvalue weighted by Crippen LogP contribution is -2.31. The highest BCUT2D eigenvalue weighted by Gasteiger charge is 2.28. The maximum atomic E-state index is 13.2. The molecule has 0 bridgehead atoms. The molecule has 3 N–H and O–H groups in total. The fraction of sp³-hybridized carbons (Fsp3) is 0.182. The zero-order valence-electron chi connectivity index (χ0n) is 8.25. The van der Waals surface area contributed by atoms with Crippen LogP contribution in [-0.4, -0.2) is 33.6 Å². The first kappa shape index (κ1) is 12.2. The van der Waals surface area contributed by atoms with Crippen molar-refractivity contribution in [1.29, 1.82) is 0 Å². The van der Waals surface area contributed by atoms with Crippen molar-refractivity contribution < 1.29 is 24.5 Å². The molecular weight excluding hydrogens is 215 g/mol. The van der Waals surface area contributed by atoms with Gasteiger partial charge in [0.15, 0.2) is 12.3 Å². The van der Waals surface area contributed by atoms with Gasteiger partial charge in [0, 0.05) is 0 Å². The van der Waals surface area contributed by atoms with Crippen molar-refractivity contribution in [3.05, 3.63) is 41.7 Å². The maximum absolute atomic E-state index is 13.2. The van der Waals surface area contributed by atoms with E-state index in [4.69, 9.17) is 10.2 Å². The van der Waals surface area contributed by atoms with E-state index < -0.39 is 24.0 Å². The standard InChI is InChI=1S/C11H11FO4/c12-9(10(14)11(15)16)8(13)6-7-4-2-1-3-5-7/h1-6,9-10,13-14H,(H,15,16). The summed E-state index contributed by atoms with van der Waals surface area (Å²) in [6.07, 6.45) is -3.53. The van der Waals surface area contributed by atoms with Crippen molar-refractivity contribution in [3.8, 4) is 0 Å². The molecule has 0 saturated heterocycles. The number of hydrogen-bond acceptors (Lipinski definition) is 3. The molecule has 0 aromatic heterocycles. The molecule has 0 spiro atoms. The second-order valence-electron chi connectivity index (χ2n) is 3.16. The van der Waals surface area contributed by atoms with E-state index in [1.807, 2.05) is 0 Å². The van der Waals surface area contributed by atoms with E-state index in [1.54, 1.807) is 30.3 Å². The van der Waals surface area contributed by atoms with E-state index in [0.29, 0.717) is 5.56 Å². The Kier molecular flexibility index (Phi) is 4.02. The minimum atomic E-state index is -2.34. The van der Waals surface area contributed by atoms with Crippen molar-refractivity contribution in [2.75, 3.05) is 0 Å². The zero-order chi connectivity index (χ0) is 12.1. The highest BCUT2D eigenvalue weighted by molar-refractivity contribution is 5.73. The van der Waals surface area contributed by atoms with Gasteiger partial charge in [-0.2, -0.15) is 0 Å². The van der Waals surface area contributed by atoms with E-state index in [1.165, 1.54) is 0 Å². The van der Waals surface area contributed by atoms with Gasteiger partial charge in [0.1, 0.15) is 5.76 Å². The Morgan fingerprint density at radius 1 is 1.25 bits per heavy atom. The molecule has 5 heteroatoms. The van der Waals surface area contributed by atoms with Crippen LogP contribution in [-0.2, 0) is 4.79 Å². The normalized spacial score (nSPS) is 15.5. The van der Waals surface area contributed by atoms with Crippen LogP contribution in [0.1, 0.15) is 5.56 Å². The Morgan fingerprint density at radius 3 is 2.31 bits per heavy atom. The van der Waals surface area contributed by atoms with Crippen molar-refractivity contribution in [1.82, 2.24) is 0 Å². The molecule has 86 valence electrons. The van der Waals surface area contributed by atoms with Crippen molar-refractivity contribution in [3.63, 3.8) is 0 Å². The van der Waals surface area contributed by atoms with E-state index in [2.05, 4.69) is 0 Å². The lowest BCUT2D eigenvalue weighted by Gasteiger charge is -2.10. The van der Waals surface area contributed by atoms with E-state index in [9.17, 15) is 14.3 Å². The van der Waals surface area contributed by atoms with Gasteiger partial charge >= 0.3 is 5.97 Å². The van der Waals surface area contributed by atoms with Gasteiger partial charge < -0.3 is 15.3 Å². The number of carboxylic acids is 1. The number of carbonyl (C=O) groups is 1. The number of aliphatic hydroxyl groups excluding tert-OH is 2. The first-order chi connectivity index (χ1) is 7.52. The second kappa shape index (κ2) is 5.27. The average molecular weight is 226 g/mol. The van der Waals surface area contributed by atoms with Gasteiger partial charge in [0.2, 0.25) is 0 Å². The highest BCUT2D eigenvalue weighted by atomic mass is 19.1. The van der Waals surface area contributed by atoms with E-state index >= 15 is 0 Å². The summed E-state index contributed by atoms with van der Waals surface area (Å²) in [5.74, 6) is -2.54. The molecule has 16 heavy (non-hydrogen) atoms. The maximum Gasteiger partial charge on any atom is 0.336 e. The molecule has 0 heterocycles. The number of alkyl halides is 1. The van der Waals surface area contributed by atoms with Gasteiger partial charge in [0.05, 0.1) is 0 Å². The quantitative estimate of drug-likeness (QED) is 0.677. The van der Waals surface area contributed by atoms with Crippen LogP contribution in [0.5, 0.6) is 0 Å². The Labute approximate surface area is 91.3 Å². The van der Waals surface area contributed by atoms with Gasteiger partial charge in [-0.25, -0.2) is 9.18 Å². The summed E-state index contributed by atoms with van der Waals surface area (Å²) in [6, 6.07) is 8.32. The summed E-state index contributed by atoms with van der Waals surface area (Å²) < 4.78 is 13.2. The largest absolute Gasteiger partial charge is 0.509 e. The third kappa shape index (κ3) is 3.06. The second-order valence-corrected chi connectivity index (χ2v) is 3.16. The van der Waals surface area contributed by atoms with Crippen LogP contribution in [0.4, 0.5) is 4.39 Å². The Bertz CT molecular complexity index is 388. The fourth-order valence-electron chi connectivity index (χ4n) is 1.09. The molecule has 1 aromatic carbocycles. The molecule has 0 radical (unpaired) electrons. The molecular formula is C11H11FO4. The predicted octanol–water partition coefficient (Wildman–Crippen LogP) is 1.37. The smallest absolute Gasteiger partial charge is 0.336 e. The van der Waals surface area contributed by atoms with Crippen LogP contribution < -0.4 is 0 Å². The molecule has 1 aromatic rings. The number of aliphatic carboxylic acids is 1. The summed E-state index contributed by atoms with van der Waals surface area (Å²) >= 11 is 0. The van der Waals surface area contributed by atoms with Crippen LogP contribution in [0, 0.1) is 0 Å². The van der Waals surface area contributed by atoms with Crippen LogP contribution >= 0.6 is 0 Å². The molecule has 2 atom stereocenters. The zero-order valence-corrected chi connectivity index (χ0v) is 8.25. The minimum absolute atomic E-state index is 0.514. The first-order valence-electron chi connectivity index (χ1n) is 4.53. The molecule has 0 amide bonds. The minimum Gasteiger partial charge on any atom is -0.509 e. The van der Waals surface area contributed by atoms with Crippen molar-refractivity contribution in [2.24, 2.45) is 0 Å². The molecule has 4 nitrogen and oxygen atoms in total. The molecule has 0 aliphatic rings. The topological polar surface area (TPSA) is 77.8 Å². The summed E-state index contributed by atoms with van der Waals surface area (Å²) in [5.41, 5.74) is 0.514. The third-order valence-corrected chi connectivity index (χ3v) is 1.93. The van der Waals surface area contributed by atoms with Gasteiger partial charge in [0.25, 0.3) is 0 Å². The third-order valence-electron chi connectivity index (χ3n) is 1.93. The van der Waals surface area contributed by atoms with Crippen molar-refractivity contribution >= 4 is 12.0 Å². The molecule has 0 aliphatic carbocycles. The van der Waals surface area contributed by atoms with Crippen LogP contribution in [0.3, 0.4) is 0 Å². The summed E-state index contributed by atoms with van der Waals surface area (Å²) in [7, 11) is 0. The molecule has 0 aliphatic heterocycles. The monoisotopic (exact) mass is 226 g/mol. The molecule has 0 saturated carbocycles. The van der Waals surface area contributed by atoms with E-state index in [-0.39, 0.29) is 0 Å². The lowest BCUT2D eigenvalue weighted by molar-refractivity contribution is -0.149. The molecule has 1 rings (SSSR count). The number of carboxylic acid groups (broad SMARTS) is 1.